The fraction of sp³-hybridized carbons (Fsp3) is 0.750. The topological polar surface area (TPSA) is 67.4 Å². The molecule has 0 spiro atoms. The fourth-order valence-electron chi connectivity index (χ4n) is 1.39. The molecule has 5 nitrogen and oxygen atoms in total. The zero-order chi connectivity index (χ0) is 9.84. The van der Waals surface area contributed by atoms with Gasteiger partial charge in [-0.2, -0.15) is 0 Å². The Morgan fingerprint density at radius 3 is 2.92 bits per heavy atom. The van der Waals surface area contributed by atoms with Gasteiger partial charge >= 0.3 is 5.97 Å². The average molecular weight is 186 g/mol. The lowest BCUT2D eigenvalue weighted by atomic mass is 10.1. The molecule has 5 heteroatoms. The van der Waals surface area contributed by atoms with E-state index in [2.05, 4.69) is 15.4 Å². The van der Waals surface area contributed by atoms with Gasteiger partial charge in [0.25, 0.3) is 0 Å². The van der Waals surface area contributed by atoms with E-state index in [0.717, 1.165) is 0 Å². The number of rotatable bonds is 2. The van der Waals surface area contributed by atoms with Crippen molar-refractivity contribution < 1.29 is 14.3 Å². The maximum atomic E-state index is 11.1. The minimum absolute atomic E-state index is 0.0276. The van der Waals surface area contributed by atoms with E-state index < -0.39 is 0 Å². The number of carbonyl (C=O) groups is 2. The summed E-state index contributed by atoms with van der Waals surface area (Å²) in [4.78, 5) is 21.9. The van der Waals surface area contributed by atoms with E-state index in [1.807, 2.05) is 6.92 Å². The van der Waals surface area contributed by atoms with Gasteiger partial charge in [0.1, 0.15) is 0 Å². The Kier molecular flexibility index (Phi) is 3.25. The van der Waals surface area contributed by atoms with Crippen LogP contribution < -0.4 is 10.6 Å². The molecule has 1 aliphatic rings. The maximum Gasteiger partial charge on any atom is 0.307 e. The Morgan fingerprint density at radius 1 is 1.69 bits per heavy atom. The quantitative estimate of drug-likeness (QED) is 0.564. The predicted octanol–water partition coefficient (Wildman–Crippen LogP) is -0.626. The van der Waals surface area contributed by atoms with E-state index >= 15 is 0 Å². The number of amides is 1. The number of hydrogen-bond donors (Lipinski definition) is 2. The van der Waals surface area contributed by atoms with Crippen LogP contribution in [-0.4, -0.2) is 31.2 Å². The summed E-state index contributed by atoms with van der Waals surface area (Å²) in [7, 11) is 1.34. The molecule has 1 aliphatic heterocycles. The molecule has 13 heavy (non-hydrogen) atoms. The maximum absolute atomic E-state index is 11.1. The van der Waals surface area contributed by atoms with Gasteiger partial charge in [-0.1, -0.05) is 0 Å². The number of esters is 1. The van der Waals surface area contributed by atoms with Crippen LogP contribution in [0.5, 0.6) is 0 Å². The Labute approximate surface area is 76.8 Å². The summed E-state index contributed by atoms with van der Waals surface area (Å²) in [5, 5.41) is 5.78. The molecule has 0 aromatic carbocycles. The molecular formula is C8H14N2O3. The highest BCUT2D eigenvalue weighted by Crippen LogP contribution is 2.05. The number of ether oxygens (including phenoxy) is 1. The van der Waals surface area contributed by atoms with E-state index in [4.69, 9.17) is 0 Å². The minimum atomic E-state index is -0.292. The number of carbonyl (C=O) groups excluding carboxylic acids is 2. The van der Waals surface area contributed by atoms with Gasteiger partial charge in [0.05, 0.1) is 19.7 Å². The summed E-state index contributed by atoms with van der Waals surface area (Å²) in [6, 6.07) is -0.101. The zero-order valence-corrected chi connectivity index (χ0v) is 7.79. The molecule has 0 aromatic rings. The lowest BCUT2D eigenvalue weighted by molar-refractivity contribution is -0.141. The van der Waals surface area contributed by atoms with Gasteiger partial charge in [-0.15, -0.1) is 0 Å². The SMILES string of the molecule is COC(=O)CC1CC(=O)NC(C)N1. The third-order valence-corrected chi connectivity index (χ3v) is 1.94. The molecule has 0 saturated carbocycles. The van der Waals surface area contributed by atoms with Crippen LogP contribution in [-0.2, 0) is 14.3 Å². The van der Waals surface area contributed by atoms with E-state index in [1.165, 1.54) is 7.11 Å². The first-order valence-electron chi connectivity index (χ1n) is 4.24. The van der Waals surface area contributed by atoms with Crippen LogP contribution in [0.25, 0.3) is 0 Å². The summed E-state index contributed by atoms with van der Waals surface area (Å²) in [5.41, 5.74) is 0. The van der Waals surface area contributed by atoms with Crippen LogP contribution in [0.15, 0.2) is 0 Å². The van der Waals surface area contributed by atoms with Crippen LogP contribution in [0, 0.1) is 0 Å². The van der Waals surface area contributed by atoms with Crippen LogP contribution in [0.3, 0.4) is 0 Å². The van der Waals surface area contributed by atoms with Gasteiger partial charge in [-0.25, -0.2) is 0 Å². The number of nitrogens with one attached hydrogen (secondary N) is 2. The summed E-state index contributed by atoms with van der Waals surface area (Å²) >= 11 is 0. The van der Waals surface area contributed by atoms with Crippen LogP contribution in [0.1, 0.15) is 19.8 Å². The second-order valence-corrected chi connectivity index (χ2v) is 3.14. The molecule has 0 aromatic heterocycles. The predicted molar refractivity (Wildman–Crippen MR) is 45.8 cm³/mol. The van der Waals surface area contributed by atoms with Crippen molar-refractivity contribution in [2.45, 2.75) is 32.0 Å². The fourth-order valence-corrected chi connectivity index (χ4v) is 1.39. The van der Waals surface area contributed by atoms with Gasteiger partial charge in [0, 0.05) is 12.5 Å². The highest BCUT2D eigenvalue weighted by atomic mass is 16.5. The number of methoxy groups -OCH3 is 1. The smallest absolute Gasteiger partial charge is 0.307 e. The molecule has 74 valence electrons. The standard InChI is InChI=1S/C8H14N2O3/c1-5-9-6(3-7(11)10-5)4-8(12)13-2/h5-6,9H,3-4H2,1-2H3,(H,10,11). The monoisotopic (exact) mass is 186 g/mol. The Bertz CT molecular complexity index is 217. The normalized spacial score (nSPS) is 28.0. The van der Waals surface area contributed by atoms with Crippen molar-refractivity contribution in [2.24, 2.45) is 0 Å². The minimum Gasteiger partial charge on any atom is -0.469 e. The molecule has 0 aliphatic carbocycles. The van der Waals surface area contributed by atoms with E-state index in [0.29, 0.717) is 6.42 Å². The average Bonchev–Trinajstić information content (AvgIpc) is 2.02. The van der Waals surface area contributed by atoms with Gasteiger partial charge in [-0.05, 0) is 6.92 Å². The first kappa shape index (κ1) is 9.98. The zero-order valence-electron chi connectivity index (χ0n) is 7.79. The molecule has 0 bridgehead atoms. The van der Waals surface area contributed by atoms with Crippen molar-refractivity contribution in [3.05, 3.63) is 0 Å². The van der Waals surface area contributed by atoms with Crippen molar-refractivity contribution >= 4 is 11.9 Å². The first-order valence-corrected chi connectivity index (χ1v) is 4.24. The Morgan fingerprint density at radius 2 is 2.38 bits per heavy atom. The second-order valence-electron chi connectivity index (χ2n) is 3.14. The molecule has 1 saturated heterocycles. The Balaban J connectivity index is 2.41. The van der Waals surface area contributed by atoms with Crippen molar-refractivity contribution in [1.82, 2.24) is 10.6 Å². The molecule has 2 unspecified atom stereocenters. The summed E-state index contributed by atoms with van der Waals surface area (Å²) < 4.78 is 4.51. The summed E-state index contributed by atoms with van der Waals surface area (Å²) in [6.45, 7) is 1.83. The lowest BCUT2D eigenvalue weighted by Crippen LogP contribution is -2.55. The molecule has 2 N–H and O–H groups in total. The van der Waals surface area contributed by atoms with E-state index in [9.17, 15) is 9.59 Å². The molecule has 2 atom stereocenters. The van der Waals surface area contributed by atoms with Crippen LogP contribution in [0.4, 0.5) is 0 Å². The third kappa shape index (κ3) is 3.02. The first-order chi connectivity index (χ1) is 6.11. The van der Waals surface area contributed by atoms with E-state index in [1.54, 1.807) is 0 Å². The van der Waals surface area contributed by atoms with Gasteiger partial charge in [0.2, 0.25) is 5.91 Å². The number of hydrogen-bond acceptors (Lipinski definition) is 4. The van der Waals surface area contributed by atoms with Crippen molar-refractivity contribution in [3.63, 3.8) is 0 Å². The second kappa shape index (κ2) is 4.23. The van der Waals surface area contributed by atoms with Gasteiger partial charge < -0.3 is 10.1 Å². The summed E-state index contributed by atoms with van der Waals surface area (Å²) in [5.74, 6) is -0.320. The largest absolute Gasteiger partial charge is 0.469 e. The molecule has 1 amide bonds. The molecule has 1 rings (SSSR count). The third-order valence-electron chi connectivity index (χ3n) is 1.94. The molecular weight excluding hydrogens is 172 g/mol. The van der Waals surface area contributed by atoms with Crippen LogP contribution in [0.2, 0.25) is 0 Å². The Hall–Kier alpha value is -1.10. The highest BCUT2D eigenvalue weighted by molar-refractivity contribution is 5.79. The van der Waals surface area contributed by atoms with Gasteiger partial charge in [0.15, 0.2) is 0 Å². The molecule has 1 heterocycles. The van der Waals surface area contributed by atoms with Crippen molar-refractivity contribution in [3.8, 4) is 0 Å². The van der Waals surface area contributed by atoms with Crippen molar-refractivity contribution in [2.75, 3.05) is 7.11 Å². The van der Waals surface area contributed by atoms with Crippen molar-refractivity contribution in [1.29, 1.82) is 0 Å². The highest BCUT2D eigenvalue weighted by Gasteiger charge is 2.24. The summed E-state index contributed by atoms with van der Waals surface area (Å²) in [6.07, 6.45) is 0.504. The van der Waals surface area contributed by atoms with Gasteiger partial charge in [-0.3, -0.25) is 14.9 Å². The molecule has 1 fully saturated rings. The van der Waals surface area contributed by atoms with E-state index in [-0.39, 0.29) is 30.5 Å². The lowest BCUT2D eigenvalue weighted by Gasteiger charge is -2.28. The molecule has 0 radical (unpaired) electrons. The van der Waals surface area contributed by atoms with Crippen LogP contribution >= 0.6 is 0 Å².